The third-order valence-electron chi connectivity index (χ3n) is 4.34. The van der Waals surface area contributed by atoms with Crippen molar-refractivity contribution in [2.75, 3.05) is 6.54 Å². The van der Waals surface area contributed by atoms with Crippen LogP contribution in [-0.4, -0.2) is 42.5 Å². The van der Waals surface area contributed by atoms with Crippen molar-refractivity contribution in [3.8, 4) is 0 Å². The lowest BCUT2D eigenvalue weighted by atomic mass is 9.82. The minimum absolute atomic E-state index is 0.0495. The Hall–Kier alpha value is -1.38. The molecule has 2 fully saturated rings. The normalized spacial score (nSPS) is 41.8. The number of fused-ring (bicyclic) bond motifs is 1. The van der Waals surface area contributed by atoms with Gasteiger partial charge in [0, 0.05) is 19.8 Å². The van der Waals surface area contributed by atoms with E-state index in [1.165, 1.54) is 6.92 Å². The predicted octanol–water partition coefficient (Wildman–Crippen LogP) is 1.87. The molecule has 0 N–H and O–H groups in total. The van der Waals surface area contributed by atoms with Crippen LogP contribution in [0.3, 0.4) is 0 Å². The first-order chi connectivity index (χ1) is 9.63. The molecule has 1 spiro atoms. The number of carbonyl (C=O) groups excluding carboxylic acids is 1. The van der Waals surface area contributed by atoms with Gasteiger partial charge < -0.3 is 19.1 Å². The van der Waals surface area contributed by atoms with Crippen molar-refractivity contribution in [2.24, 2.45) is 0 Å². The summed E-state index contributed by atoms with van der Waals surface area (Å²) in [6, 6.07) is 0. The van der Waals surface area contributed by atoms with Gasteiger partial charge in [-0.2, -0.15) is 0 Å². The molecular weight excluding hydrogens is 258 g/mol. The average molecular weight is 277 g/mol. The van der Waals surface area contributed by atoms with Crippen LogP contribution in [0.5, 0.6) is 0 Å². The van der Waals surface area contributed by atoms with Crippen molar-refractivity contribution in [3.05, 3.63) is 23.6 Å². The molecular formula is C15H19NO4. The highest BCUT2D eigenvalue weighted by Gasteiger charge is 2.55. The topological polar surface area (TPSA) is 49.1 Å². The number of ether oxygens (including phenoxy) is 3. The number of nitrogens with zero attached hydrogens (tertiary/aromatic N) is 1. The summed E-state index contributed by atoms with van der Waals surface area (Å²) in [6.07, 6.45) is 7.08. The second-order valence-corrected chi connectivity index (χ2v) is 5.74. The molecule has 0 amide bonds. The SMILES string of the molecule is [C-]#[N+]CC[C@H]1CC[C@@H]2O[C@H]3C[C@]2(C=CC3OC(C)=O)O1. The van der Waals surface area contributed by atoms with Crippen LogP contribution in [0.15, 0.2) is 12.2 Å². The Bertz CT molecular complexity index is 469. The van der Waals surface area contributed by atoms with E-state index < -0.39 is 0 Å². The first-order valence-corrected chi connectivity index (χ1v) is 7.16. The molecule has 2 aliphatic heterocycles. The van der Waals surface area contributed by atoms with Gasteiger partial charge in [0.25, 0.3) is 0 Å². The lowest BCUT2D eigenvalue weighted by Gasteiger charge is -2.40. The molecule has 3 rings (SSSR count). The minimum atomic E-state index is -0.369. The van der Waals surface area contributed by atoms with E-state index in [0.29, 0.717) is 6.54 Å². The molecule has 20 heavy (non-hydrogen) atoms. The monoisotopic (exact) mass is 277 g/mol. The fraction of sp³-hybridized carbons (Fsp3) is 0.733. The molecule has 0 radical (unpaired) electrons. The zero-order valence-electron chi connectivity index (χ0n) is 11.6. The Morgan fingerprint density at radius 2 is 2.40 bits per heavy atom. The fourth-order valence-corrected chi connectivity index (χ4v) is 3.47. The standard InChI is InChI=1S/C15H19NO4/c1-10(17)18-12-5-7-15-9-13(12)19-14(15)4-3-11(20-15)6-8-16-2/h5,7,11-14H,3-4,6,8-9H2,1H3/t11-,12?,13+,14+,15+/m1/s1. The predicted molar refractivity (Wildman–Crippen MR) is 70.9 cm³/mol. The van der Waals surface area contributed by atoms with Crippen molar-refractivity contribution in [2.45, 2.75) is 62.6 Å². The lowest BCUT2D eigenvalue weighted by molar-refractivity contribution is -0.152. The molecule has 0 aromatic heterocycles. The molecule has 2 heterocycles. The summed E-state index contributed by atoms with van der Waals surface area (Å²) in [5.74, 6) is -0.287. The van der Waals surface area contributed by atoms with Crippen LogP contribution in [0.25, 0.3) is 4.85 Å². The molecule has 1 aliphatic carbocycles. The Morgan fingerprint density at radius 1 is 1.55 bits per heavy atom. The summed E-state index contributed by atoms with van der Waals surface area (Å²) in [7, 11) is 0. The van der Waals surface area contributed by atoms with Crippen LogP contribution >= 0.6 is 0 Å². The van der Waals surface area contributed by atoms with E-state index in [9.17, 15) is 4.79 Å². The third-order valence-corrected chi connectivity index (χ3v) is 4.34. The highest BCUT2D eigenvalue weighted by molar-refractivity contribution is 5.66. The third kappa shape index (κ3) is 2.34. The quantitative estimate of drug-likeness (QED) is 0.449. The molecule has 0 saturated carbocycles. The number of rotatable bonds is 3. The van der Waals surface area contributed by atoms with Gasteiger partial charge in [-0.05, 0) is 18.9 Å². The second kappa shape index (κ2) is 5.19. The van der Waals surface area contributed by atoms with Gasteiger partial charge in [0.05, 0.1) is 12.2 Å². The van der Waals surface area contributed by atoms with Crippen molar-refractivity contribution >= 4 is 5.97 Å². The van der Waals surface area contributed by atoms with Crippen molar-refractivity contribution in [1.82, 2.24) is 0 Å². The van der Waals surface area contributed by atoms with Gasteiger partial charge in [-0.25, -0.2) is 6.57 Å². The molecule has 1 unspecified atom stereocenters. The van der Waals surface area contributed by atoms with Gasteiger partial charge in [0.1, 0.15) is 17.8 Å². The van der Waals surface area contributed by atoms with Crippen LogP contribution in [0.4, 0.5) is 0 Å². The maximum atomic E-state index is 11.1. The Labute approximate surface area is 118 Å². The summed E-state index contributed by atoms with van der Waals surface area (Å²) in [4.78, 5) is 14.5. The van der Waals surface area contributed by atoms with Crippen molar-refractivity contribution < 1.29 is 19.0 Å². The molecule has 5 heteroatoms. The van der Waals surface area contributed by atoms with Gasteiger partial charge in [-0.15, -0.1) is 0 Å². The maximum Gasteiger partial charge on any atom is 0.303 e. The van der Waals surface area contributed by atoms with Gasteiger partial charge in [-0.3, -0.25) is 4.79 Å². The molecule has 0 aromatic carbocycles. The van der Waals surface area contributed by atoms with Gasteiger partial charge in [-0.1, -0.05) is 6.08 Å². The summed E-state index contributed by atoms with van der Waals surface area (Å²) >= 11 is 0. The van der Waals surface area contributed by atoms with Gasteiger partial charge in [0.2, 0.25) is 6.54 Å². The molecule has 3 aliphatic rings. The summed E-state index contributed by atoms with van der Waals surface area (Å²) in [5.41, 5.74) is -0.369. The first kappa shape index (κ1) is 13.6. The first-order valence-electron chi connectivity index (χ1n) is 7.16. The van der Waals surface area contributed by atoms with Crippen molar-refractivity contribution in [1.29, 1.82) is 0 Å². The molecule has 108 valence electrons. The molecule has 0 aromatic rings. The van der Waals surface area contributed by atoms with Crippen LogP contribution < -0.4 is 0 Å². The highest BCUT2D eigenvalue weighted by atomic mass is 16.6. The lowest BCUT2D eigenvalue weighted by Crippen LogP contribution is -2.48. The van der Waals surface area contributed by atoms with Gasteiger partial charge >= 0.3 is 5.97 Å². The van der Waals surface area contributed by atoms with E-state index in [-0.39, 0.29) is 36.0 Å². The largest absolute Gasteiger partial charge is 0.456 e. The highest BCUT2D eigenvalue weighted by Crippen LogP contribution is 2.47. The van der Waals surface area contributed by atoms with E-state index in [2.05, 4.69) is 4.85 Å². The van der Waals surface area contributed by atoms with E-state index in [4.69, 9.17) is 20.8 Å². The molecule has 5 atom stereocenters. The zero-order valence-corrected chi connectivity index (χ0v) is 11.6. The van der Waals surface area contributed by atoms with Crippen LogP contribution in [0.1, 0.15) is 32.6 Å². The van der Waals surface area contributed by atoms with Crippen LogP contribution in [0, 0.1) is 6.57 Å². The number of esters is 1. The smallest absolute Gasteiger partial charge is 0.303 e. The second-order valence-electron chi connectivity index (χ2n) is 5.74. The van der Waals surface area contributed by atoms with E-state index in [0.717, 1.165) is 25.7 Å². The zero-order chi connectivity index (χ0) is 14.2. The Morgan fingerprint density at radius 3 is 3.15 bits per heavy atom. The summed E-state index contributed by atoms with van der Waals surface area (Å²) in [6.45, 7) is 8.80. The van der Waals surface area contributed by atoms with Crippen molar-refractivity contribution in [3.63, 3.8) is 0 Å². The van der Waals surface area contributed by atoms with Crippen LogP contribution in [0.2, 0.25) is 0 Å². The van der Waals surface area contributed by atoms with E-state index in [1.807, 2.05) is 12.2 Å². The molecule has 2 saturated heterocycles. The number of hydrogen-bond donors (Lipinski definition) is 0. The summed E-state index contributed by atoms with van der Waals surface area (Å²) in [5, 5.41) is 0. The van der Waals surface area contributed by atoms with E-state index >= 15 is 0 Å². The number of hydrogen-bond acceptors (Lipinski definition) is 4. The van der Waals surface area contributed by atoms with E-state index in [1.54, 1.807) is 0 Å². The van der Waals surface area contributed by atoms with Crippen LogP contribution in [-0.2, 0) is 19.0 Å². The molecule has 5 nitrogen and oxygen atoms in total. The van der Waals surface area contributed by atoms with Gasteiger partial charge in [0.15, 0.2) is 0 Å². The summed E-state index contributed by atoms with van der Waals surface area (Å²) < 4.78 is 17.5. The average Bonchev–Trinajstić information content (AvgIpc) is 2.72. The molecule has 2 bridgehead atoms. The minimum Gasteiger partial charge on any atom is -0.456 e. The Balaban J connectivity index is 1.71. The maximum absolute atomic E-state index is 11.1. The number of carbonyl (C=O) groups is 1. The fourth-order valence-electron chi connectivity index (χ4n) is 3.47. The Kier molecular flexibility index (Phi) is 3.53.